The molecule has 5 heteroatoms. The molecule has 3 aromatic heterocycles. The first-order valence-electron chi connectivity index (χ1n) is 9.43. The van der Waals surface area contributed by atoms with Crippen molar-refractivity contribution in [2.45, 2.75) is 45.1 Å². The number of imidazole rings is 1. The molecule has 3 aromatic rings. The lowest BCUT2D eigenvalue weighted by Crippen LogP contribution is -2.35. The van der Waals surface area contributed by atoms with E-state index in [1.54, 1.807) is 0 Å². The smallest absolute Gasteiger partial charge is 0.137 e. The molecule has 0 atom stereocenters. The largest absolute Gasteiger partial charge is 0.367 e. The molecular formula is C21H27N5. The minimum absolute atomic E-state index is 0.0988. The average Bonchev–Trinajstić information content (AvgIpc) is 3.05. The molecule has 136 valence electrons. The van der Waals surface area contributed by atoms with Crippen molar-refractivity contribution in [1.29, 1.82) is 0 Å². The summed E-state index contributed by atoms with van der Waals surface area (Å²) in [5.74, 6) is 0.941. The number of nitrogens with one attached hydrogen (secondary N) is 2. The Balaban J connectivity index is 1.67. The highest BCUT2D eigenvalue weighted by Gasteiger charge is 2.17. The van der Waals surface area contributed by atoms with Crippen molar-refractivity contribution in [2.24, 2.45) is 0 Å². The van der Waals surface area contributed by atoms with Crippen molar-refractivity contribution in [1.82, 2.24) is 19.7 Å². The highest BCUT2D eigenvalue weighted by atomic mass is 15.1. The molecule has 1 aliphatic rings. The summed E-state index contributed by atoms with van der Waals surface area (Å²) in [6, 6.07) is 10.9. The van der Waals surface area contributed by atoms with E-state index in [9.17, 15) is 0 Å². The molecule has 0 radical (unpaired) electrons. The van der Waals surface area contributed by atoms with Crippen LogP contribution in [0.1, 0.15) is 39.2 Å². The van der Waals surface area contributed by atoms with Crippen molar-refractivity contribution < 1.29 is 0 Å². The Bertz CT molecular complexity index is 900. The van der Waals surface area contributed by atoms with Crippen molar-refractivity contribution >= 4 is 11.5 Å². The fraction of sp³-hybridized carbons (Fsp3) is 0.429. The summed E-state index contributed by atoms with van der Waals surface area (Å²) in [6.45, 7) is 8.83. The summed E-state index contributed by atoms with van der Waals surface area (Å²) in [7, 11) is 0. The van der Waals surface area contributed by atoms with E-state index in [0.29, 0.717) is 6.04 Å². The minimum atomic E-state index is 0.0988. The topological polar surface area (TPSA) is 54.2 Å². The van der Waals surface area contributed by atoms with Gasteiger partial charge in [0.25, 0.3) is 0 Å². The first kappa shape index (κ1) is 17.0. The third kappa shape index (κ3) is 3.44. The van der Waals surface area contributed by atoms with Crippen molar-refractivity contribution in [3.8, 4) is 11.4 Å². The lowest BCUT2D eigenvalue weighted by atomic mass is 9.88. The van der Waals surface area contributed by atoms with Crippen LogP contribution in [0.2, 0.25) is 0 Å². The molecule has 4 heterocycles. The standard InChI is InChI=1S/C21H27N5/c1-21(2,3)15-7-8-20-23-13-18(26(20)14-15)17-5-4-6-19(25-17)24-16-9-11-22-12-10-16/h4-8,13-14,16,22H,9-12H2,1-3H3,(H,24,25). The van der Waals surface area contributed by atoms with Crippen LogP contribution in [0.15, 0.2) is 42.7 Å². The van der Waals surface area contributed by atoms with Crippen molar-refractivity contribution in [3.05, 3.63) is 48.3 Å². The van der Waals surface area contributed by atoms with Crippen LogP contribution in [0.4, 0.5) is 5.82 Å². The maximum absolute atomic E-state index is 4.86. The maximum Gasteiger partial charge on any atom is 0.137 e. The van der Waals surface area contributed by atoms with Crippen LogP contribution in [-0.2, 0) is 5.41 Å². The Hall–Kier alpha value is -2.40. The second-order valence-corrected chi connectivity index (χ2v) is 8.12. The Kier molecular flexibility index (Phi) is 4.41. The number of piperidine rings is 1. The van der Waals surface area contributed by atoms with Crippen LogP contribution in [0, 0.1) is 0 Å². The lowest BCUT2D eigenvalue weighted by molar-refractivity contribution is 0.478. The molecule has 0 bridgehead atoms. The lowest BCUT2D eigenvalue weighted by Gasteiger charge is -2.24. The van der Waals surface area contributed by atoms with Gasteiger partial charge in [0.15, 0.2) is 0 Å². The third-order valence-corrected chi connectivity index (χ3v) is 5.07. The zero-order valence-corrected chi connectivity index (χ0v) is 15.8. The quantitative estimate of drug-likeness (QED) is 0.754. The fourth-order valence-electron chi connectivity index (χ4n) is 3.45. The highest BCUT2D eigenvalue weighted by molar-refractivity contribution is 5.62. The van der Waals surface area contributed by atoms with Gasteiger partial charge in [-0.1, -0.05) is 32.9 Å². The van der Waals surface area contributed by atoms with Crippen LogP contribution in [0.25, 0.3) is 17.0 Å². The first-order valence-corrected chi connectivity index (χ1v) is 9.43. The summed E-state index contributed by atoms with van der Waals surface area (Å²) in [5.41, 5.74) is 4.31. The van der Waals surface area contributed by atoms with Gasteiger partial charge in [-0.3, -0.25) is 4.40 Å². The number of rotatable bonds is 3. The monoisotopic (exact) mass is 349 g/mol. The third-order valence-electron chi connectivity index (χ3n) is 5.07. The number of hydrogen-bond donors (Lipinski definition) is 2. The Morgan fingerprint density at radius 2 is 1.92 bits per heavy atom. The summed E-state index contributed by atoms with van der Waals surface area (Å²) < 4.78 is 2.15. The number of aromatic nitrogens is 3. The van der Waals surface area contributed by atoms with E-state index in [0.717, 1.165) is 48.8 Å². The molecular weight excluding hydrogens is 322 g/mol. The average molecular weight is 349 g/mol. The van der Waals surface area contributed by atoms with Crippen molar-refractivity contribution in [2.75, 3.05) is 18.4 Å². The molecule has 1 fully saturated rings. The van der Waals surface area contributed by atoms with E-state index in [2.05, 4.69) is 77.3 Å². The number of anilines is 1. The summed E-state index contributed by atoms with van der Waals surface area (Å²) in [6.07, 6.45) is 6.37. The molecule has 26 heavy (non-hydrogen) atoms. The van der Waals surface area contributed by atoms with Crippen LogP contribution >= 0.6 is 0 Å². The van der Waals surface area contributed by atoms with Crippen LogP contribution < -0.4 is 10.6 Å². The molecule has 0 unspecified atom stereocenters. The van der Waals surface area contributed by atoms with Crippen molar-refractivity contribution in [3.63, 3.8) is 0 Å². The van der Waals surface area contributed by atoms with E-state index in [1.807, 2.05) is 6.20 Å². The number of nitrogens with zero attached hydrogens (tertiary/aromatic N) is 3. The normalized spacial score (nSPS) is 16.1. The summed E-state index contributed by atoms with van der Waals surface area (Å²) in [4.78, 5) is 9.42. The Morgan fingerprint density at radius 1 is 1.12 bits per heavy atom. The van der Waals surface area contributed by atoms with E-state index < -0.39 is 0 Å². The Morgan fingerprint density at radius 3 is 2.69 bits per heavy atom. The molecule has 1 saturated heterocycles. The summed E-state index contributed by atoms with van der Waals surface area (Å²) >= 11 is 0. The molecule has 5 nitrogen and oxygen atoms in total. The Labute approximate surface area is 154 Å². The van der Waals surface area contributed by atoms with Gasteiger partial charge in [-0.2, -0.15) is 0 Å². The molecule has 0 saturated carbocycles. The van der Waals surface area contributed by atoms with E-state index in [1.165, 1.54) is 5.56 Å². The van der Waals surface area contributed by atoms with Crippen LogP contribution in [0.5, 0.6) is 0 Å². The van der Waals surface area contributed by atoms with E-state index in [4.69, 9.17) is 4.98 Å². The second kappa shape index (κ2) is 6.72. The first-order chi connectivity index (χ1) is 12.5. The predicted octanol–water partition coefficient (Wildman–Crippen LogP) is 3.86. The molecule has 0 amide bonds. The van der Waals surface area contributed by atoms with Crippen LogP contribution in [0.3, 0.4) is 0 Å². The highest BCUT2D eigenvalue weighted by Crippen LogP contribution is 2.26. The van der Waals surface area contributed by atoms with Gasteiger partial charge in [-0.05, 0) is 55.1 Å². The van der Waals surface area contributed by atoms with Gasteiger partial charge in [0.05, 0.1) is 17.6 Å². The molecule has 1 aliphatic heterocycles. The predicted molar refractivity (Wildman–Crippen MR) is 107 cm³/mol. The van der Waals surface area contributed by atoms with E-state index >= 15 is 0 Å². The van der Waals surface area contributed by atoms with Gasteiger partial charge < -0.3 is 10.6 Å². The number of fused-ring (bicyclic) bond motifs is 1. The van der Waals surface area contributed by atoms with Crippen LogP contribution in [-0.4, -0.2) is 33.5 Å². The minimum Gasteiger partial charge on any atom is -0.367 e. The van der Waals surface area contributed by atoms with Gasteiger partial charge in [0, 0.05) is 12.2 Å². The van der Waals surface area contributed by atoms with Gasteiger partial charge in [0.1, 0.15) is 11.5 Å². The van der Waals surface area contributed by atoms with Gasteiger partial charge in [-0.15, -0.1) is 0 Å². The number of hydrogen-bond acceptors (Lipinski definition) is 4. The zero-order valence-electron chi connectivity index (χ0n) is 15.8. The number of pyridine rings is 2. The van der Waals surface area contributed by atoms with Gasteiger partial charge in [-0.25, -0.2) is 9.97 Å². The van der Waals surface area contributed by atoms with Gasteiger partial charge >= 0.3 is 0 Å². The zero-order chi connectivity index (χ0) is 18.1. The van der Waals surface area contributed by atoms with Gasteiger partial charge in [0.2, 0.25) is 0 Å². The fourth-order valence-corrected chi connectivity index (χ4v) is 3.45. The van der Waals surface area contributed by atoms with E-state index in [-0.39, 0.29) is 5.41 Å². The molecule has 0 aliphatic carbocycles. The molecule has 0 aromatic carbocycles. The molecule has 2 N–H and O–H groups in total. The molecule has 4 rings (SSSR count). The maximum atomic E-state index is 4.86. The second-order valence-electron chi connectivity index (χ2n) is 8.12. The molecule has 0 spiro atoms. The summed E-state index contributed by atoms with van der Waals surface area (Å²) in [5, 5.41) is 6.99. The SMILES string of the molecule is CC(C)(C)c1ccc2ncc(-c3cccc(NC4CCNCC4)n3)n2c1.